The van der Waals surface area contributed by atoms with Gasteiger partial charge >= 0.3 is 0 Å². The van der Waals surface area contributed by atoms with Gasteiger partial charge in [0.05, 0.1) is 0 Å². The summed E-state index contributed by atoms with van der Waals surface area (Å²) in [7, 11) is 1.42. The summed E-state index contributed by atoms with van der Waals surface area (Å²) in [6.07, 6.45) is 0. The van der Waals surface area contributed by atoms with Crippen molar-refractivity contribution in [3.63, 3.8) is 0 Å². The number of ether oxygens (including phenoxy) is 2. The first kappa shape index (κ1) is 8.65. The van der Waals surface area contributed by atoms with Crippen molar-refractivity contribution in [2.75, 3.05) is 6.79 Å². The molecule has 0 saturated carbocycles. The normalized spacial score (nSPS) is 14.5. The van der Waals surface area contributed by atoms with E-state index in [0.717, 1.165) is 0 Å². The lowest BCUT2D eigenvalue weighted by molar-refractivity contribution is 0.172. The lowest BCUT2D eigenvalue weighted by Gasteiger charge is -2.00. The zero-order valence-electron chi connectivity index (χ0n) is 6.36. The highest BCUT2D eigenvalue weighted by Crippen LogP contribution is 2.38. The standard InChI is InChI=1S/C7H5ClO4S/c8-13(9,10)6-3-1-2-5-7(6)12-4-11-5/h1-3H,4H2. The monoisotopic (exact) mass is 220 g/mol. The average molecular weight is 221 g/mol. The number of para-hydroxylation sites is 1. The van der Waals surface area contributed by atoms with Gasteiger partial charge in [0.1, 0.15) is 4.90 Å². The molecule has 1 aromatic carbocycles. The molecule has 0 N–H and O–H groups in total. The Morgan fingerprint density at radius 2 is 2.08 bits per heavy atom. The van der Waals surface area contributed by atoms with Crippen LogP contribution in [0.15, 0.2) is 23.1 Å². The van der Waals surface area contributed by atoms with Crippen LogP contribution >= 0.6 is 10.7 Å². The minimum absolute atomic E-state index is 0.0265. The minimum atomic E-state index is -3.76. The molecule has 0 unspecified atom stereocenters. The number of benzene rings is 1. The van der Waals surface area contributed by atoms with Gasteiger partial charge in [0, 0.05) is 10.7 Å². The van der Waals surface area contributed by atoms with Crippen molar-refractivity contribution in [1.29, 1.82) is 0 Å². The molecule has 13 heavy (non-hydrogen) atoms. The number of hydrogen-bond donors (Lipinski definition) is 0. The van der Waals surface area contributed by atoms with E-state index in [1.54, 1.807) is 12.1 Å². The van der Waals surface area contributed by atoms with Crippen molar-refractivity contribution in [3.05, 3.63) is 18.2 Å². The topological polar surface area (TPSA) is 52.6 Å². The average Bonchev–Trinajstić information content (AvgIpc) is 2.48. The number of fused-ring (bicyclic) bond motifs is 1. The SMILES string of the molecule is O=S(=O)(Cl)c1cccc2c1OCO2. The highest BCUT2D eigenvalue weighted by molar-refractivity contribution is 8.13. The van der Waals surface area contributed by atoms with Crippen LogP contribution in [-0.2, 0) is 9.05 Å². The van der Waals surface area contributed by atoms with Gasteiger partial charge in [0.25, 0.3) is 9.05 Å². The fourth-order valence-corrected chi connectivity index (χ4v) is 2.08. The van der Waals surface area contributed by atoms with Crippen LogP contribution in [0.5, 0.6) is 11.5 Å². The summed E-state index contributed by atoms with van der Waals surface area (Å²) in [6.45, 7) is 0.0265. The van der Waals surface area contributed by atoms with Gasteiger partial charge in [-0.3, -0.25) is 0 Å². The molecular formula is C7H5ClO4S. The summed E-state index contributed by atoms with van der Waals surface area (Å²) < 4.78 is 32.0. The second-order valence-electron chi connectivity index (χ2n) is 2.43. The number of hydrogen-bond acceptors (Lipinski definition) is 4. The maximum Gasteiger partial charge on any atom is 0.265 e. The molecule has 70 valence electrons. The summed E-state index contributed by atoms with van der Waals surface area (Å²) in [6, 6.07) is 4.53. The van der Waals surface area contributed by atoms with E-state index in [1.165, 1.54) is 6.07 Å². The molecule has 0 fully saturated rings. The first-order valence-corrected chi connectivity index (χ1v) is 5.73. The molecule has 2 rings (SSSR count). The molecule has 1 aliphatic rings. The van der Waals surface area contributed by atoms with E-state index in [1.807, 2.05) is 0 Å². The van der Waals surface area contributed by atoms with Crippen LogP contribution < -0.4 is 9.47 Å². The van der Waals surface area contributed by atoms with Crippen LogP contribution in [-0.4, -0.2) is 15.2 Å². The van der Waals surface area contributed by atoms with Crippen molar-refractivity contribution in [1.82, 2.24) is 0 Å². The van der Waals surface area contributed by atoms with E-state index in [-0.39, 0.29) is 17.4 Å². The Kier molecular flexibility index (Phi) is 1.85. The van der Waals surface area contributed by atoms with E-state index in [4.69, 9.17) is 20.2 Å². The van der Waals surface area contributed by atoms with Gasteiger partial charge in [-0.2, -0.15) is 0 Å². The molecule has 1 aliphatic heterocycles. The largest absolute Gasteiger partial charge is 0.454 e. The Hall–Kier alpha value is -0.940. The molecule has 0 bridgehead atoms. The number of halogens is 1. The third kappa shape index (κ3) is 1.45. The fraction of sp³-hybridized carbons (Fsp3) is 0.143. The van der Waals surface area contributed by atoms with Gasteiger partial charge in [-0.15, -0.1) is 0 Å². The molecule has 0 aliphatic carbocycles. The molecule has 0 spiro atoms. The predicted molar refractivity (Wildman–Crippen MR) is 45.6 cm³/mol. The van der Waals surface area contributed by atoms with Crippen molar-refractivity contribution >= 4 is 19.7 Å². The quantitative estimate of drug-likeness (QED) is 0.671. The fourth-order valence-electron chi connectivity index (χ4n) is 1.10. The predicted octanol–water partition coefficient (Wildman–Crippen LogP) is 1.34. The zero-order chi connectivity index (χ0) is 9.47. The van der Waals surface area contributed by atoms with Crippen LogP contribution in [0.3, 0.4) is 0 Å². The lowest BCUT2D eigenvalue weighted by atomic mass is 10.3. The Morgan fingerprint density at radius 1 is 1.31 bits per heavy atom. The Morgan fingerprint density at radius 3 is 2.77 bits per heavy atom. The lowest BCUT2D eigenvalue weighted by Crippen LogP contribution is -1.96. The van der Waals surface area contributed by atoms with Gasteiger partial charge in [0.15, 0.2) is 11.5 Å². The van der Waals surface area contributed by atoms with E-state index in [2.05, 4.69) is 0 Å². The van der Waals surface area contributed by atoms with Crippen molar-refractivity contribution < 1.29 is 17.9 Å². The molecule has 0 radical (unpaired) electrons. The second-order valence-corrected chi connectivity index (χ2v) is 4.96. The molecule has 1 aromatic rings. The van der Waals surface area contributed by atoms with Crippen LogP contribution in [0.25, 0.3) is 0 Å². The van der Waals surface area contributed by atoms with Crippen molar-refractivity contribution in [2.45, 2.75) is 4.90 Å². The zero-order valence-corrected chi connectivity index (χ0v) is 7.93. The molecule has 0 saturated heterocycles. The van der Waals surface area contributed by atoms with Gasteiger partial charge in [0.2, 0.25) is 6.79 Å². The van der Waals surface area contributed by atoms with E-state index < -0.39 is 9.05 Å². The summed E-state index contributed by atoms with van der Waals surface area (Å²) >= 11 is 0. The maximum atomic E-state index is 11.0. The summed E-state index contributed by atoms with van der Waals surface area (Å²) in [5.74, 6) is 0.597. The smallest absolute Gasteiger partial charge is 0.265 e. The molecule has 0 atom stereocenters. The summed E-state index contributed by atoms with van der Waals surface area (Å²) in [5, 5.41) is 0. The molecule has 1 heterocycles. The van der Waals surface area contributed by atoms with E-state index >= 15 is 0 Å². The van der Waals surface area contributed by atoms with Gasteiger partial charge in [-0.1, -0.05) is 6.07 Å². The highest BCUT2D eigenvalue weighted by Gasteiger charge is 2.24. The molecule has 0 amide bonds. The number of rotatable bonds is 1. The molecular weight excluding hydrogens is 216 g/mol. The van der Waals surface area contributed by atoms with Gasteiger partial charge in [-0.05, 0) is 12.1 Å². The van der Waals surface area contributed by atoms with Crippen LogP contribution in [0.1, 0.15) is 0 Å². The first-order valence-electron chi connectivity index (χ1n) is 3.42. The van der Waals surface area contributed by atoms with E-state index in [0.29, 0.717) is 5.75 Å². The van der Waals surface area contributed by atoms with Crippen molar-refractivity contribution in [2.24, 2.45) is 0 Å². The Labute approximate surface area is 79.5 Å². The third-order valence-corrected chi connectivity index (χ3v) is 2.97. The maximum absolute atomic E-state index is 11.0. The third-order valence-electron chi connectivity index (χ3n) is 1.62. The van der Waals surface area contributed by atoms with Crippen LogP contribution in [0, 0.1) is 0 Å². The summed E-state index contributed by atoms with van der Waals surface area (Å²) in [5.41, 5.74) is 0. The van der Waals surface area contributed by atoms with Crippen LogP contribution in [0.4, 0.5) is 0 Å². The highest BCUT2D eigenvalue weighted by atomic mass is 35.7. The molecule has 0 aromatic heterocycles. The second kappa shape index (κ2) is 2.78. The van der Waals surface area contributed by atoms with Gasteiger partial charge in [-0.25, -0.2) is 8.42 Å². The summed E-state index contributed by atoms with van der Waals surface area (Å²) in [4.78, 5) is -0.0517. The van der Waals surface area contributed by atoms with Gasteiger partial charge < -0.3 is 9.47 Å². The minimum Gasteiger partial charge on any atom is -0.454 e. The van der Waals surface area contributed by atoms with Crippen molar-refractivity contribution in [3.8, 4) is 11.5 Å². The Balaban J connectivity index is 2.67. The molecule has 4 nitrogen and oxygen atoms in total. The molecule has 6 heteroatoms. The van der Waals surface area contributed by atoms with Crippen LogP contribution in [0.2, 0.25) is 0 Å². The Bertz CT molecular complexity index is 440. The first-order chi connectivity index (χ1) is 6.09. The van der Waals surface area contributed by atoms with E-state index in [9.17, 15) is 8.42 Å².